The number of piperidine rings is 1. The van der Waals surface area contributed by atoms with Crippen molar-refractivity contribution in [2.75, 3.05) is 45.8 Å². The highest BCUT2D eigenvalue weighted by Crippen LogP contribution is 2.15. The van der Waals surface area contributed by atoms with Crippen molar-refractivity contribution < 1.29 is 18.9 Å². The van der Waals surface area contributed by atoms with Gasteiger partial charge in [0.15, 0.2) is 12.3 Å². The molecule has 0 spiro atoms. The maximum atomic E-state index is 12.4. The van der Waals surface area contributed by atoms with Crippen LogP contribution in [0.4, 0.5) is 0 Å². The lowest BCUT2D eigenvalue weighted by Crippen LogP contribution is -3.15. The molecular weight excluding hydrogens is 294 g/mol. The number of carbonyl (C=O) groups is 2. The first-order valence-electron chi connectivity index (χ1n) is 8.57. The van der Waals surface area contributed by atoms with Crippen LogP contribution in [-0.2, 0) is 4.79 Å². The van der Waals surface area contributed by atoms with Crippen LogP contribution in [-0.4, -0.2) is 67.4 Å². The van der Waals surface area contributed by atoms with Crippen LogP contribution in [0.1, 0.15) is 30.3 Å². The molecule has 6 heteroatoms. The van der Waals surface area contributed by atoms with Crippen molar-refractivity contribution in [1.82, 2.24) is 9.80 Å². The van der Waals surface area contributed by atoms with Gasteiger partial charge in [0.1, 0.15) is 0 Å². The van der Waals surface area contributed by atoms with Crippen LogP contribution in [0, 0.1) is 5.92 Å². The van der Waals surface area contributed by atoms with Gasteiger partial charge < -0.3 is 19.1 Å². The summed E-state index contributed by atoms with van der Waals surface area (Å²) in [5.74, 6) is 1.22. The van der Waals surface area contributed by atoms with E-state index in [2.05, 4.69) is 6.92 Å². The molecule has 0 aliphatic carbocycles. The number of carbonyl (C=O) groups excluding carboxylic acids is 2. The molecule has 0 unspecified atom stereocenters. The van der Waals surface area contributed by atoms with E-state index < -0.39 is 0 Å². The summed E-state index contributed by atoms with van der Waals surface area (Å²) >= 11 is 0. The molecule has 1 aromatic rings. The molecule has 6 nitrogen and oxygen atoms in total. The molecule has 2 aliphatic heterocycles. The van der Waals surface area contributed by atoms with E-state index in [1.54, 1.807) is 12.1 Å². The molecule has 3 rings (SSSR count). The number of nitrogens with one attached hydrogen (secondary N) is 1. The quantitative estimate of drug-likeness (QED) is 0.845. The monoisotopic (exact) mass is 320 g/mol. The van der Waals surface area contributed by atoms with Gasteiger partial charge >= 0.3 is 0 Å². The van der Waals surface area contributed by atoms with Gasteiger partial charge in [0.2, 0.25) is 0 Å². The highest BCUT2D eigenvalue weighted by Gasteiger charge is 2.29. The van der Waals surface area contributed by atoms with E-state index >= 15 is 0 Å². The minimum absolute atomic E-state index is 0.0507. The highest BCUT2D eigenvalue weighted by atomic mass is 16.3. The van der Waals surface area contributed by atoms with Crippen molar-refractivity contribution in [2.24, 2.45) is 5.92 Å². The van der Waals surface area contributed by atoms with Crippen LogP contribution in [0.3, 0.4) is 0 Å². The third kappa shape index (κ3) is 3.93. The minimum Gasteiger partial charge on any atom is -0.459 e. The Bertz CT molecular complexity index is 535. The van der Waals surface area contributed by atoms with Gasteiger partial charge in [-0.2, -0.15) is 0 Å². The lowest BCUT2D eigenvalue weighted by molar-refractivity contribution is -0.896. The number of rotatable bonds is 3. The molecule has 0 radical (unpaired) electrons. The molecule has 0 saturated carbocycles. The second kappa shape index (κ2) is 7.17. The molecule has 2 saturated heterocycles. The topological polar surface area (TPSA) is 58.2 Å². The Hall–Kier alpha value is -1.82. The number of nitrogens with zero attached hydrogens (tertiary/aromatic N) is 2. The average molecular weight is 320 g/mol. The van der Waals surface area contributed by atoms with Gasteiger partial charge in [-0.25, -0.2) is 0 Å². The molecule has 3 heterocycles. The maximum Gasteiger partial charge on any atom is 0.289 e. The zero-order valence-electron chi connectivity index (χ0n) is 13.8. The van der Waals surface area contributed by atoms with Crippen molar-refractivity contribution in [3.63, 3.8) is 0 Å². The fourth-order valence-corrected chi connectivity index (χ4v) is 3.50. The van der Waals surface area contributed by atoms with E-state index in [1.165, 1.54) is 17.6 Å². The van der Waals surface area contributed by atoms with Gasteiger partial charge in [-0.15, -0.1) is 0 Å². The van der Waals surface area contributed by atoms with E-state index in [1.807, 2.05) is 9.80 Å². The Labute approximate surface area is 137 Å². The summed E-state index contributed by atoms with van der Waals surface area (Å²) in [4.78, 5) is 29.7. The summed E-state index contributed by atoms with van der Waals surface area (Å²) in [5, 5.41) is 0. The number of amides is 2. The highest BCUT2D eigenvalue weighted by molar-refractivity contribution is 5.91. The number of piperazine rings is 1. The van der Waals surface area contributed by atoms with Crippen LogP contribution in [0.15, 0.2) is 22.8 Å². The number of hydrogen-bond donors (Lipinski definition) is 1. The van der Waals surface area contributed by atoms with Crippen molar-refractivity contribution in [2.45, 2.75) is 19.8 Å². The molecule has 1 aromatic heterocycles. The molecular formula is C17H26N3O3+. The summed E-state index contributed by atoms with van der Waals surface area (Å²) in [7, 11) is 0. The average Bonchev–Trinajstić information content (AvgIpc) is 3.09. The van der Waals surface area contributed by atoms with E-state index in [0.717, 1.165) is 32.6 Å². The number of hydrogen-bond acceptors (Lipinski definition) is 3. The van der Waals surface area contributed by atoms with Gasteiger partial charge in [0, 0.05) is 13.1 Å². The van der Waals surface area contributed by atoms with Gasteiger partial charge in [-0.1, -0.05) is 6.92 Å². The number of quaternary nitrogens is 1. The number of furan rings is 1. The van der Waals surface area contributed by atoms with E-state index in [4.69, 9.17) is 4.42 Å². The third-order valence-electron chi connectivity index (χ3n) is 4.90. The van der Waals surface area contributed by atoms with Crippen molar-refractivity contribution in [3.8, 4) is 0 Å². The molecule has 23 heavy (non-hydrogen) atoms. The van der Waals surface area contributed by atoms with Crippen LogP contribution < -0.4 is 4.90 Å². The fourth-order valence-electron chi connectivity index (χ4n) is 3.50. The van der Waals surface area contributed by atoms with Crippen LogP contribution in [0.25, 0.3) is 0 Å². The van der Waals surface area contributed by atoms with Crippen LogP contribution in [0.2, 0.25) is 0 Å². The summed E-state index contributed by atoms with van der Waals surface area (Å²) < 4.78 is 5.17. The predicted octanol–water partition coefficient (Wildman–Crippen LogP) is -0.121. The van der Waals surface area contributed by atoms with Crippen molar-refractivity contribution >= 4 is 11.8 Å². The first-order chi connectivity index (χ1) is 11.1. The maximum absolute atomic E-state index is 12.4. The lowest BCUT2D eigenvalue weighted by Gasteiger charge is -2.34. The number of likely N-dealkylation sites (tertiary alicyclic amines) is 1. The van der Waals surface area contributed by atoms with Gasteiger partial charge in [-0.05, 0) is 30.9 Å². The smallest absolute Gasteiger partial charge is 0.289 e. The molecule has 2 fully saturated rings. The molecule has 2 amide bonds. The first kappa shape index (κ1) is 16.1. The molecule has 0 bridgehead atoms. The Balaban J connectivity index is 1.45. The van der Waals surface area contributed by atoms with E-state index in [0.29, 0.717) is 31.3 Å². The van der Waals surface area contributed by atoms with Crippen LogP contribution >= 0.6 is 0 Å². The zero-order valence-corrected chi connectivity index (χ0v) is 13.8. The Morgan fingerprint density at radius 2 is 2.04 bits per heavy atom. The molecule has 0 aromatic carbocycles. The summed E-state index contributed by atoms with van der Waals surface area (Å²) in [6.07, 6.45) is 3.87. The van der Waals surface area contributed by atoms with E-state index in [-0.39, 0.29) is 11.8 Å². The SMILES string of the molecule is C[C@H]1CCCN(C(=O)C[NH+]2CCN(C(=O)c3ccco3)CC2)C1. The van der Waals surface area contributed by atoms with E-state index in [9.17, 15) is 9.59 Å². The minimum atomic E-state index is -0.0507. The Morgan fingerprint density at radius 3 is 2.70 bits per heavy atom. The van der Waals surface area contributed by atoms with Crippen LogP contribution in [0.5, 0.6) is 0 Å². The van der Waals surface area contributed by atoms with Gasteiger partial charge in [0.05, 0.1) is 32.4 Å². The largest absolute Gasteiger partial charge is 0.459 e. The third-order valence-corrected chi connectivity index (χ3v) is 4.90. The second-order valence-corrected chi connectivity index (χ2v) is 6.78. The molecule has 2 aliphatic rings. The standard InChI is InChI=1S/C17H25N3O3/c1-14-4-2-6-20(12-14)16(21)13-18-7-9-19(10-8-18)17(22)15-5-3-11-23-15/h3,5,11,14H,2,4,6-10,12-13H2,1H3/p+1/t14-/m0/s1. The lowest BCUT2D eigenvalue weighted by atomic mass is 10.0. The zero-order chi connectivity index (χ0) is 16.2. The summed E-state index contributed by atoms with van der Waals surface area (Å²) in [5.41, 5.74) is 0. The molecule has 1 N–H and O–H groups in total. The van der Waals surface area contributed by atoms with Crippen molar-refractivity contribution in [1.29, 1.82) is 0 Å². The predicted molar refractivity (Wildman–Crippen MR) is 85.2 cm³/mol. The van der Waals surface area contributed by atoms with Gasteiger partial charge in [0.25, 0.3) is 11.8 Å². The first-order valence-corrected chi connectivity index (χ1v) is 8.57. The molecule has 126 valence electrons. The fraction of sp³-hybridized carbons (Fsp3) is 0.647. The normalized spacial score (nSPS) is 23.1. The Morgan fingerprint density at radius 1 is 1.26 bits per heavy atom. The summed E-state index contributed by atoms with van der Waals surface area (Å²) in [6, 6.07) is 3.43. The van der Waals surface area contributed by atoms with Crippen molar-refractivity contribution in [3.05, 3.63) is 24.2 Å². The molecule has 1 atom stereocenters. The second-order valence-electron chi connectivity index (χ2n) is 6.78. The Kier molecular flexibility index (Phi) is 5.00. The van der Waals surface area contributed by atoms with Gasteiger partial charge in [-0.3, -0.25) is 9.59 Å². The summed E-state index contributed by atoms with van der Waals surface area (Å²) in [6.45, 7) is 7.57.